The number of hydrogen-bond acceptors (Lipinski definition) is 0. The first-order valence-corrected chi connectivity index (χ1v) is 6.45. The fourth-order valence-corrected chi connectivity index (χ4v) is 2.79. The molecule has 0 heterocycles. The monoisotopic (exact) mass is 222 g/mol. The van der Waals surface area contributed by atoms with Gasteiger partial charge in [0.2, 0.25) is 0 Å². The van der Waals surface area contributed by atoms with Crippen LogP contribution in [0, 0.1) is 5.82 Å². The molecule has 0 N–H and O–H groups in total. The molecule has 0 aliphatic heterocycles. The van der Waals surface area contributed by atoms with E-state index >= 15 is 0 Å². The van der Waals surface area contributed by atoms with E-state index in [9.17, 15) is 4.39 Å². The molecule has 0 unspecified atom stereocenters. The molecule has 1 rings (SSSR count). The molecule has 1 heteroatoms. The van der Waals surface area contributed by atoms with Gasteiger partial charge in [0.15, 0.2) is 0 Å². The van der Waals surface area contributed by atoms with Crippen LogP contribution in [0.25, 0.3) is 0 Å². The highest BCUT2D eigenvalue weighted by molar-refractivity contribution is 5.27. The van der Waals surface area contributed by atoms with Gasteiger partial charge in [0.05, 0.1) is 0 Å². The first-order valence-electron chi connectivity index (χ1n) is 6.45. The van der Waals surface area contributed by atoms with Gasteiger partial charge in [-0.05, 0) is 36.3 Å². The van der Waals surface area contributed by atoms with E-state index < -0.39 is 0 Å². The molecule has 0 nitrogen and oxygen atoms in total. The Kier molecular flexibility index (Phi) is 4.98. The topological polar surface area (TPSA) is 0 Å². The summed E-state index contributed by atoms with van der Waals surface area (Å²) in [4.78, 5) is 0. The largest absolute Gasteiger partial charge is 0.207 e. The molecule has 16 heavy (non-hydrogen) atoms. The molecular weight excluding hydrogens is 199 g/mol. The number of hydrogen-bond donors (Lipinski definition) is 0. The standard InChI is InChI=1S/C15H23F/c1-4-11-15(6-3,12-5-2)13-9-7-8-10-14(13)16/h7-10H,4-6,11-12H2,1-3H3. The van der Waals surface area contributed by atoms with Crippen LogP contribution >= 0.6 is 0 Å². The molecule has 1 aromatic carbocycles. The summed E-state index contributed by atoms with van der Waals surface area (Å²) in [7, 11) is 0. The number of benzene rings is 1. The van der Waals surface area contributed by atoms with Crippen LogP contribution in [0.15, 0.2) is 24.3 Å². The predicted octanol–water partition coefficient (Wildman–Crippen LogP) is 5.07. The van der Waals surface area contributed by atoms with Crippen molar-refractivity contribution in [2.24, 2.45) is 0 Å². The van der Waals surface area contributed by atoms with Gasteiger partial charge in [-0.3, -0.25) is 0 Å². The minimum Gasteiger partial charge on any atom is -0.207 e. The first kappa shape index (κ1) is 13.2. The molecule has 90 valence electrons. The van der Waals surface area contributed by atoms with Crippen LogP contribution in [0.4, 0.5) is 4.39 Å². The van der Waals surface area contributed by atoms with Gasteiger partial charge < -0.3 is 0 Å². The van der Waals surface area contributed by atoms with E-state index in [1.54, 1.807) is 12.1 Å². The normalized spacial score (nSPS) is 11.8. The molecule has 0 spiro atoms. The maximum atomic E-state index is 13.9. The Bertz CT molecular complexity index is 311. The van der Waals surface area contributed by atoms with E-state index in [-0.39, 0.29) is 11.2 Å². The van der Waals surface area contributed by atoms with Crippen LogP contribution in [0.2, 0.25) is 0 Å². The van der Waals surface area contributed by atoms with E-state index in [0.29, 0.717) is 0 Å². The maximum absolute atomic E-state index is 13.9. The van der Waals surface area contributed by atoms with Gasteiger partial charge in [-0.25, -0.2) is 4.39 Å². The second-order valence-electron chi connectivity index (χ2n) is 4.61. The van der Waals surface area contributed by atoms with Crippen LogP contribution in [0.1, 0.15) is 58.4 Å². The van der Waals surface area contributed by atoms with Gasteiger partial charge in [0.25, 0.3) is 0 Å². The molecule has 0 aliphatic rings. The summed E-state index contributed by atoms with van der Waals surface area (Å²) in [5.41, 5.74) is 0.968. The molecule has 0 aromatic heterocycles. The van der Waals surface area contributed by atoms with Gasteiger partial charge >= 0.3 is 0 Å². The van der Waals surface area contributed by atoms with Crippen molar-refractivity contribution < 1.29 is 4.39 Å². The third-order valence-electron chi connectivity index (χ3n) is 3.58. The van der Waals surface area contributed by atoms with Crippen molar-refractivity contribution in [3.05, 3.63) is 35.6 Å². The van der Waals surface area contributed by atoms with Crippen LogP contribution in [0.3, 0.4) is 0 Å². The Hall–Kier alpha value is -0.850. The fourth-order valence-electron chi connectivity index (χ4n) is 2.79. The predicted molar refractivity (Wildman–Crippen MR) is 68.2 cm³/mol. The molecule has 0 bridgehead atoms. The van der Waals surface area contributed by atoms with Gasteiger partial charge in [0, 0.05) is 0 Å². The van der Waals surface area contributed by atoms with E-state index in [0.717, 1.165) is 37.7 Å². The molecule has 0 amide bonds. The SMILES string of the molecule is CCCC(CC)(CCC)c1ccccc1F. The van der Waals surface area contributed by atoms with Crippen molar-refractivity contribution in [1.29, 1.82) is 0 Å². The lowest BCUT2D eigenvalue weighted by Gasteiger charge is -2.33. The zero-order chi connectivity index (χ0) is 12.0. The second-order valence-corrected chi connectivity index (χ2v) is 4.61. The minimum absolute atomic E-state index is 0.0359. The molecule has 0 radical (unpaired) electrons. The third kappa shape index (κ3) is 2.63. The smallest absolute Gasteiger partial charge is 0.126 e. The summed E-state index contributed by atoms with van der Waals surface area (Å²) in [6.45, 7) is 6.54. The zero-order valence-electron chi connectivity index (χ0n) is 10.7. The van der Waals surface area contributed by atoms with Crippen LogP contribution in [0.5, 0.6) is 0 Å². The van der Waals surface area contributed by atoms with Crippen molar-refractivity contribution >= 4 is 0 Å². The second kappa shape index (κ2) is 6.03. The molecule has 0 saturated carbocycles. The first-order chi connectivity index (χ1) is 7.70. The third-order valence-corrected chi connectivity index (χ3v) is 3.58. The summed E-state index contributed by atoms with van der Waals surface area (Å²) in [5.74, 6) is -0.0359. The number of halogens is 1. The lowest BCUT2D eigenvalue weighted by molar-refractivity contribution is 0.330. The van der Waals surface area contributed by atoms with Crippen LogP contribution < -0.4 is 0 Å². The highest BCUT2D eigenvalue weighted by Crippen LogP contribution is 2.38. The average molecular weight is 222 g/mol. The van der Waals surface area contributed by atoms with Crippen molar-refractivity contribution in [3.8, 4) is 0 Å². The van der Waals surface area contributed by atoms with Crippen LogP contribution in [-0.2, 0) is 5.41 Å². The van der Waals surface area contributed by atoms with Crippen LogP contribution in [-0.4, -0.2) is 0 Å². The Balaban J connectivity index is 3.13. The summed E-state index contributed by atoms with van der Waals surface area (Å²) in [5, 5.41) is 0. The van der Waals surface area contributed by atoms with Gasteiger partial charge in [-0.15, -0.1) is 0 Å². The van der Waals surface area contributed by atoms with Crippen molar-refractivity contribution in [2.45, 2.75) is 58.3 Å². The average Bonchev–Trinajstić information content (AvgIpc) is 2.29. The van der Waals surface area contributed by atoms with E-state index in [2.05, 4.69) is 20.8 Å². The Labute approximate surface area is 98.9 Å². The summed E-state index contributed by atoms with van der Waals surface area (Å²) in [6.07, 6.45) is 5.41. The van der Waals surface area contributed by atoms with Crippen molar-refractivity contribution in [1.82, 2.24) is 0 Å². The van der Waals surface area contributed by atoms with Gasteiger partial charge in [0.1, 0.15) is 5.82 Å². The zero-order valence-corrected chi connectivity index (χ0v) is 10.7. The van der Waals surface area contributed by atoms with Gasteiger partial charge in [-0.2, -0.15) is 0 Å². The highest BCUT2D eigenvalue weighted by atomic mass is 19.1. The van der Waals surface area contributed by atoms with Crippen molar-refractivity contribution in [3.63, 3.8) is 0 Å². The van der Waals surface area contributed by atoms with E-state index in [1.165, 1.54) is 0 Å². The molecular formula is C15H23F. The molecule has 0 aliphatic carbocycles. The Morgan fingerprint density at radius 2 is 1.56 bits per heavy atom. The quantitative estimate of drug-likeness (QED) is 0.630. The van der Waals surface area contributed by atoms with Crippen molar-refractivity contribution in [2.75, 3.05) is 0 Å². The lowest BCUT2D eigenvalue weighted by Crippen LogP contribution is -2.26. The fraction of sp³-hybridized carbons (Fsp3) is 0.600. The molecule has 0 saturated heterocycles. The summed E-state index contributed by atoms with van der Waals surface area (Å²) < 4.78 is 13.9. The summed E-state index contributed by atoms with van der Waals surface area (Å²) in [6, 6.07) is 7.28. The van der Waals surface area contributed by atoms with E-state index in [4.69, 9.17) is 0 Å². The lowest BCUT2D eigenvalue weighted by atomic mass is 9.71. The maximum Gasteiger partial charge on any atom is 0.126 e. The summed E-state index contributed by atoms with van der Waals surface area (Å²) >= 11 is 0. The molecule has 1 aromatic rings. The molecule has 0 atom stereocenters. The minimum atomic E-state index is -0.0359. The van der Waals surface area contributed by atoms with Gasteiger partial charge in [-0.1, -0.05) is 51.8 Å². The Morgan fingerprint density at radius 3 is 2.00 bits per heavy atom. The highest BCUT2D eigenvalue weighted by Gasteiger charge is 2.30. The van der Waals surface area contributed by atoms with E-state index in [1.807, 2.05) is 12.1 Å². The molecule has 0 fully saturated rings. The Morgan fingerprint density at radius 1 is 1.00 bits per heavy atom. The number of rotatable bonds is 6.